The molecule has 6 rings (SSSR count). The van der Waals surface area contributed by atoms with Crippen LogP contribution in [-0.2, 0) is 29.4 Å². The van der Waals surface area contributed by atoms with Crippen molar-refractivity contribution in [2.24, 2.45) is 24.8 Å². The molecule has 2 aliphatic heterocycles. The zero-order chi connectivity index (χ0) is 23.2. The van der Waals surface area contributed by atoms with Gasteiger partial charge < -0.3 is 19.5 Å². The molecule has 1 aromatic carbocycles. The molecule has 182 valence electrons. The maximum absolute atomic E-state index is 13.4. The number of rotatable bonds is 4. The smallest absolute Gasteiger partial charge is 0.253 e. The largest absolute Gasteiger partial charge is 0.381 e. The molecule has 1 unspecified atom stereocenters. The number of fused-ring (bicyclic) bond motifs is 3. The molecular formula is C28H37N3O3. The van der Waals surface area contributed by atoms with Crippen molar-refractivity contribution in [3.8, 4) is 0 Å². The third-order valence-electron chi connectivity index (χ3n) is 8.91. The monoisotopic (exact) mass is 463 g/mol. The van der Waals surface area contributed by atoms with Gasteiger partial charge in [0.15, 0.2) is 0 Å². The van der Waals surface area contributed by atoms with E-state index in [0.29, 0.717) is 19.1 Å². The summed E-state index contributed by atoms with van der Waals surface area (Å²) in [5.74, 6) is 1.83. The summed E-state index contributed by atoms with van der Waals surface area (Å²) < 4.78 is 7.96. The molecule has 3 heterocycles. The maximum atomic E-state index is 13.4. The third kappa shape index (κ3) is 4.15. The Bertz CT molecular complexity index is 1090. The van der Waals surface area contributed by atoms with E-state index in [-0.39, 0.29) is 17.7 Å². The van der Waals surface area contributed by atoms with Crippen LogP contribution in [-0.4, -0.2) is 53.6 Å². The molecule has 1 saturated carbocycles. The summed E-state index contributed by atoms with van der Waals surface area (Å²) in [7, 11) is 2.18. The molecule has 4 aliphatic rings. The number of likely N-dealkylation sites (tertiary alicyclic amines) is 1. The van der Waals surface area contributed by atoms with E-state index in [1.807, 2.05) is 11.0 Å². The van der Waals surface area contributed by atoms with Gasteiger partial charge in [0, 0.05) is 67.5 Å². The molecule has 1 N–H and O–H groups in total. The van der Waals surface area contributed by atoms with Crippen LogP contribution in [0.15, 0.2) is 18.2 Å². The number of aryl methyl sites for hydroxylation is 1. The van der Waals surface area contributed by atoms with Gasteiger partial charge in [0.05, 0.1) is 0 Å². The number of hydrogen-bond donors (Lipinski definition) is 1. The molecular weight excluding hydrogens is 426 g/mol. The van der Waals surface area contributed by atoms with Crippen LogP contribution < -0.4 is 5.32 Å². The number of nitrogens with one attached hydrogen (secondary N) is 1. The second-order valence-corrected chi connectivity index (χ2v) is 11.0. The first-order valence-corrected chi connectivity index (χ1v) is 13.4. The number of carbonyl (C=O) groups excluding carboxylic acids is 2. The fourth-order valence-electron chi connectivity index (χ4n) is 6.60. The van der Waals surface area contributed by atoms with Gasteiger partial charge in [-0.3, -0.25) is 9.59 Å². The van der Waals surface area contributed by atoms with Crippen LogP contribution in [0.1, 0.15) is 66.6 Å². The first-order valence-electron chi connectivity index (χ1n) is 13.4. The van der Waals surface area contributed by atoms with Gasteiger partial charge in [-0.1, -0.05) is 0 Å². The summed E-state index contributed by atoms with van der Waals surface area (Å²) in [6.45, 7) is 3.14. The number of nitrogens with zero attached hydrogens (tertiary/aromatic N) is 2. The zero-order valence-corrected chi connectivity index (χ0v) is 20.4. The molecule has 1 aromatic heterocycles. The highest BCUT2D eigenvalue weighted by Crippen LogP contribution is 2.39. The predicted octanol–water partition coefficient (Wildman–Crippen LogP) is 3.84. The number of carbonyl (C=O) groups is 2. The van der Waals surface area contributed by atoms with Gasteiger partial charge >= 0.3 is 0 Å². The standard InChI is InChI=1S/C28H37N3O3/c1-30-25-6-2-20(18-10-14-34-15-11-18)16-23(25)24-17-21(3-7-26(24)30)28(33)31-12-8-19(9-13-31)27(32)29-22-4-5-22/h3,7,17-20,22H,2,4-6,8-16H2,1H3,(H,29,32). The van der Waals surface area contributed by atoms with E-state index in [1.165, 1.54) is 41.4 Å². The van der Waals surface area contributed by atoms with Crippen molar-refractivity contribution >= 4 is 22.7 Å². The highest BCUT2D eigenvalue weighted by atomic mass is 16.5. The number of piperidine rings is 1. The van der Waals surface area contributed by atoms with Gasteiger partial charge in [0.1, 0.15) is 0 Å². The van der Waals surface area contributed by atoms with Crippen LogP contribution in [0.25, 0.3) is 10.9 Å². The minimum atomic E-state index is 0.0513. The number of hydrogen-bond acceptors (Lipinski definition) is 3. The lowest BCUT2D eigenvalue weighted by Gasteiger charge is -2.33. The second-order valence-electron chi connectivity index (χ2n) is 11.0. The van der Waals surface area contributed by atoms with Crippen LogP contribution in [0.4, 0.5) is 0 Å². The number of aromatic nitrogens is 1. The Morgan fingerprint density at radius 3 is 2.47 bits per heavy atom. The van der Waals surface area contributed by atoms with E-state index in [4.69, 9.17) is 4.74 Å². The van der Waals surface area contributed by atoms with Gasteiger partial charge in [-0.05, 0) is 93.4 Å². The lowest BCUT2D eigenvalue weighted by Crippen LogP contribution is -2.43. The van der Waals surface area contributed by atoms with Gasteiger partial charge in [-0.15, -0.1) is 0 Å². The molecule has 1 atom stereocenters. The maximum Gasteiger partial charge on any atom is 0.253 e. The lowest BCUT2D eigenvalue weighted by atomic mass is 9.75. The van der Waals surface area contributed by atoms with Crippen LogP contribution in [0.3, 0.4) is 0 Å². The highest BCUT2D eigenvalue weighted by Gasteiger charge is 2.33. The summed E-state index contributed by atoms with van der Waals surface area (Å²) in [5.41, 5.74) is 4.94. The minimum absolute atomic E-state index is 0.0513. The van der Waals surface area contributed by atoms with E-state index in [9.17, 15) is 9.59 Å². The highest BCUT2D eigenvalue weighted by molar-refractivity contribution is 5.99. The Morgan fingerprint density at radius 1 is 0.971 bits per heavy atom. The van der Waals surface area contributed by atoms with Gasteiger partial charge in [-0.25, -0.2) is 0 Å². The Morgan fingerprint density at radius 2 is 1.74 bits per heavy atom. The lowest BCUT2D eigenvalue weighted by molar-refractivity contribution is -0.126. The predicted molar refractivity (Wildman–Crippen MR) is 132 cm³/mol. The van der Waals surface area contributed by atoms with Crippen molar-refractivity contribution in [2.45, 2.75) is 63.8 Å². The van der Waals surface area contributed by atoms with Crippen molar-refractivity contribution in [1.29, 1.82) is 0 Å². The molecule has 6 nitrogen and oxygen atoms in total. The van der Waals surface area contributed by atoms with Gasteiger partial charge in [0.2, 0.25) is 5.91 Å². The Kier molecular flexibility index (Phi) is 5.88. The topological polar surface area (TPSA) is 63.6 Å². The average Bonchev–Trinajstić information content (AvgIpc) is 3.67. The molecule has 2 aromatic rings. The average molecular weight is 464 g/mol. The van der Waals surface area contributed by atoms with E-state index in [2.05, 4.69) is 29.1 Å². The Balaban J connectivity index is 1.18. The van der Waals surface area contributed by atoms with Crippen LogP contribution in [0.2, 0.25) is 0 Å². The molecule has 6 heteroatoms. The number of benzene rings is 1. The first-order chi connectivity index (χ1) is 16.6. The summed E-state index contributed by atoms with van der Waals surface area (Å²) in [5, 5.41) is 4.39. The van der Waals surface area contributed by atoms with Crippen molar-refractivity contribution in [1.82, 2.24) is 14.8 Å². The number of ether oxygens (including phenoxy) is 1. The van der Waals surface area contributed by atoms with Crippen molar-refractivity contribution in [3.63, 3.8) is 0 Å². The van der Waals surface area contributed by atoms with Crippen molar-refractivity contribution in [2.75, 3.05) is 26.3 Å². The summed E-state index contributed by atoms with van der Waals surface area (Å²) in [4.78, 5) is 27.7. The van der Waals surface area contributed by atoms with E-state index < -0.39 is 0 Å². The Hall–Kier alpha value is -2.34. The minimum Gasteiger partial charge on any atom is -0.381 e. The molecule has 34 heavy (non-hydrogen) atoms. The summed E-state index contributed by atoms with van der Waals surface area (Å²) in [6, 6.07) is 6.69. The van der Waals surface area contributed by atoms with Crippen LogP contribution in [0.5, 0.6) is 0 Å². The van der Waals surface area contributed by atoms with Crippen molar-refractivity contribution < 1.29 is 14.3 Å². The van der Waals surface area contributed by atoms with Crippen LogP contribution >= 0.6 is 0 Å². The quantitative estimate of drug-likeness (QED) is 0.749. The molecule has 3 fully saturated rings. The summed E-state index contributed by atoms with van der Waals surface area (Å²) >= 11 is 0. The number of amides is 2. The summed E-state index contributed by atoms with van der Waals surface area (Å²) in [6.07, 6.45) is 9.64. The van der Waals surface area contributed by atoms with Crippen LogP contribution in [0, 0.1) is 17.8 Å². The van der Waals surface area contributed by atoms with E-state index >= 15 is 0 Å². The fraction of sp³-hybridized carbons (Fsp3) is 0.643. The SMILES string of the molecule is Cn1c2c(c3cc(C(=O)N4CCC(C(=O)NC5CC5)CC4)ccc31)CC(C1CCOCC1)CC2. The van der Waals surface area contributed by atoms with E-state index in [1.54, 1.807) is 0 Å². The second kappa shape index (κ2) is 9.03. The fourth-order valence-corrected chi connectivity index (χ4v) is 6.60. The Labute approximate surface area is 202 Å². The molecule has 0 radical (unpaired) electrons. The molecule has 2 aliphatic carbocycles. The van der Waals surface area contributed by atoms with Gasteiger partial charge in [0.25, 0.3) is 5.91 Å². The van der Waals surface area contributed by atoms with Gasteiger partial charge in [-0.2, -0.15) is 0 Å². The zero-order valence-electron chi connectivity index (χ0n) is 20.4. The molecule has 2 saturated heterocycles. The van der Waals surface area contributed by atoms with E-state index in [0.717, 1.165) is 69.1 Å². The molecule has 2 amide bonds. The first kappa shape index (κ1) is 22.1. The normalized spacial score (nSPS) is 24.3. The molecule has 0 bridgehead atoms. The third-order valence-corrected chi connectivity index (χ3v) is 8.91. The molecule has 0 spiro atoms. The van der Waals surface area contributed by atoms with Crippen molar-refractivity contribution in [3.05, 3.63) is 35.0 Å².